The molecule has 1 aliphatic rings. The van der Waals surface area contributed by atoms with Crippen LogP contribution in [0.5, 0.6) is 0 Å². The van der Waals surface area contributed by atoms with Crippen LogP contribution in [0.2, 0.25) is 0 Å². The molecule has 0 amide bonds. The molecule has 1 aromatic rings. The third kappa shape index (κ3) is 3.06. The summed E-state index contributed by atoms with van der Waals surface area (Å²) in [5.41, 5.74) is 1.41. The third-order valence-corrected chi connectivity index (χ3v) is 3.13. The maximum atomic E-state index is 5.18. The van der Waals surface area contributed by atoms with E-state index < -0.39 is 0 Å². The molecular formula is C14H21NO. The Morgan fingerprint density at radius 2 is 2.00 bits per heavy atom. The molecule has 0 heterocycles. The fourth-order valence-corrected chi connectivity index (χ4v) is 2.20. The topological polar surface area (TPSA) is 21.3 Å². The smallest absolute Gasteiger partial charge is 0.0613 e. The van der Waals surface area contributed by atoms with E-state index in [1.54, 1.807) is 7.11 Å². The van der Waals surface area contributed by atoms with Gasteiger partial charge >= 0.3 is 0 Å². The van der Waals surface area contributed by atoms with Gasteiger partial charge in [0.05, 0.1) is 6.61 Å². The van der Waals surface area contributed by atoms with Crippen LogP contribution in [-0.2, 0) is 4.74 Å². The monoisotopic (exact) mass is 219 g/mol. The molecular weight excluding hydrogens is 198 g/mol. The van der Waals surface area contributed by atoms with Gasteiger partial charge in [0.1, 0.15) is 0 Å². The van der Waals surface area contributed by atoms with E-state index in [0.717, 1.165) is 12.5 Å². The van der Waals surface area contributed by atoms with Crippen LogP contribution >= 0.6 is 0 Å². The fraction of sp³-hybridized carbons (Fsp3) is 0.571. The molecule has 1 aliphatic carbocycles. The van der Waals surface area contributed by atoms with Crippen molar-refractivity contribution in [3.8, 4) is 0 Å². The summed E-state index contributed by atoms with van der Waals surface area (Å²) in [4.78, 5) is 0. The lowest BCUT2D eigenvalue weighted by molar-refractivity contribution is 0.164. The first-order valence-electron chi connectivity index (χ1n) is 6.11. The molecule has 0 aliphatic heterocycles. The van der Waals surface area contributed by atoms with E-state index in [0.29, 0.717) is 12.1 Å². The van der Waals surface area contributed by atoms with E-state index in [1.165, 1.54) is 18.4 Å². The Balaban J connectivity index is 2.00. The second kappa shape index (κ2) is 5.46. The minimum atomic E-state index is 0.413. The van der Waals surface area contributed by atoms with Crippen LogP contribution in [0.25, 0.3) is 0 Å². The van der Waals surface area contributed by atoms with E-state index in [9.17, 15) is 0 Å². The van der Waals surface area contributed by atoms with Crippen molar-refractivity contribution in [1.82, 2.24) is 5.32 Å². The number of ether oxygens (including phenoxy) is 1. The van der Waals surface area contributed by atoms with Gasteiger partial charge in [0.15, 0.2) is 0 Å². The van der Waals surface area contributed by atoms with Crippen LogP contribution in [0.1, 0.15) is 31.4 Å². The van der Waals surface area contributed by atoms with Gasteiger partial charge < -0.3 is 10.1 Å². The first-order chi connectivity index (χ1) is 7.81. The Morgan fingerprint density at radius 1 is 1.31 bits per heavy atom. The first kappa shape index (κ1) is 11.6. The zero-order chi connectivity index (χ0) is 11.4. The van der Waals surface area contributed by atoms with E-state index in [4.69, 9.17) is 4.74 Å². The maximum Gasteiger partial charge on any atom is 0.0613 e. The average Bonchev–Trinajstić information content (AvgIpc) is 3.11. The van der Waals surface area contributed by atoms with Crippen LogP contribution in [0.3, 0.4) is 0 Å². The summed E-state index contributed by atoms with van der Waals surface area (Å²) in [5, 5.41) is 3.67. The highest BCUT2D eigenvalue weighted by Gasteiger charge is 2.32. The van der Waals surface area contributed by atoms with Gasteiger partial charge in [0, 0.05) is 19.2 Å². The summed E-state index contributed by atoms with van der Waals surface area (Å²) >= 11 is 0. The van der Waals surface area contributed by atoms with Crippen LogP contribution in [0, 0.1) is 5.92 Å². The van der Waals surface area contributed by atoms with Gasteiger partial charge in [-0.3, -0.25) is 0 Å². The quantitative estimate of drug-likeness (QED) is 0.794. The lowest BCUT2D eigenvalue weighted by Gasteiger charge is -2.23. The van der Waals surface area contributed by atoms with E-state index in [-0.39, 0.29) is 0 Å². The summed E-state index contributed by atoms with van der Waals surface area (Å²) in [6, 6.07) is 11.7. The molecule has 16 heavy (non-hydrogen) atoms. The summed E-state index contributed by atoms with van der Waals surface area (Å²) in [6.45, 7) is 2.96. The fourth-order valence-electron chi connectivity index (χ4n) is 2.20. The molecule has 2 nitrogen and oxygen atoms in total. The number of hydrogen-bond donors (Lipinski definition) is 1. The molecule has 1 saturated carbocycles. The van der Waals surface area contributed by atoms with Gasteiger partial charge in [-0.15, -0.1) is 0 Å². The van der Waals surface area contributed by atoms with Gasteiger partial charge in [-0.25, -0.2) is 0 Å². The predicted octanol–water partition coefficient (Wildman–Crippen LogP) is 2.76. The minimum absolute atomic E-state index is 0.413. The standard InChI is InChI=1S/C14H21NO/c1-11(10-16-2)15-14(13-8-9-13)12-6-4-3-5-7-12/h3-7,11,13-15H,8-10H2,1-2H3. The van der Waals surface area contributed by atoms with Crippen LogP contribution < -0.4 is 5.32 Å². The van der Waals surface area contributed by atoms with Crippen molar-refractivity contribution in [2.75, 3.05) is 13.7 Å². The second-order valence-corrected chi connectivity index (χ2v) is 4.75. The normalized spacial score (nSPS) is 19.4. The molecule has 1 N–H and O–H groups in total. The highest BCUT2D eigenvalue weighted by molar-refractivity contribution is 5.21. The Morgan fingerprint density at radius 3 is 2.56 bits per heavy atom. The van der Waals surface area contributed by atoms with Crippen molar-refractivity contribution in [3.05, 3.63) is 35.9 Å². The van der Waals surface area contributed by atoms with Crippen molar-refractivity contribution < 1.29 is 4.74 Å². The highest BCUT2D eigenvalue weighted by atomic mass is 16.5. The van der Waals surface area contributed by atoms with Crippen molar-refractivity contribution in [1.29, 1.82) is 0 Å². The van der Waals surface area contributed by atoms with Crippen molar-refractivity contribution >= 4 is 0 Å². The average molecular weight is 219 g/mol. The predicted molar refractivity (Wildman–Crippen MR) is 66.4 cm³/mol. The molecule has 0 aromatic heterocycles. The van der Waals surface area contributed by atoms with Gasteiger partial charge in [0.25, 0.3) is 0 Å². The number of hydrogen-bond acceptors (Lipinski definition) is 2. The van der Waals surface area contributed by atoms with Crippen LogP contribution in [0.15, 0.2) is 30.3 Å². The Kier molecular flexibility index (Phi) is 3.97. The number of methoxy groups -OCH3 is 1. The Bertz CT molecular complexity index is 308. The van der Waals surface area contributed by atoms with Crippen molar-refractivity contribution in [2.24, 2.45) is 5.92 Å². The Labute approximate surface area is 98.0 Å². The molecule has 2 atom stereocenters. The van der Waals surface area contributed by atoms with E-state index in [1.807, 2.05) is 0 Å². The highest BCUT2D eigenvalue weighted by Crippen LogP contribution is 2.41. The first-order valence-corrected chi connectivity index (χ1v) is 6.11. The van der Waals surface area contributed by atoms with Gasteiger partial charge in [-0.1, -0.05) is 30.3 Å². The van der Waals surface area contributed by atoms with Gasteiger partial charge in [-0.05, 0) is 31.2 Å². The van der Waals surface area contributed by atoms with E-state index >= 15 is 0 Å². The molecule has 0 spiro atoms. The number of benzene rings is 1. The summed E-state index contributed by atoms with van der Waals surface area (Å²) < 4.78 is 5.18. The van der Waals surface area contributed by atoms with Crippen molar-refractivity contribution in [2.45, 2.75) is 31.8 Å². The van der Waals surface area contributed by atoms with Gasteiger partial charge in [-0.2, -0.15) is 0 Å². The summed E-state index contributed by atoms with van der Waals surface area (Å²) in [6.07, 6.45) is 2.71. The number of rotatable bonds is 6. The molecule has 0 bridgehead atoms. The largest absolute Gasteiger partial charge is 0.383 e. The molecule has 0 radical (unpaired) electrons. The molecule has 2 unspecified atom stereocenters. The van der Waals surface area contributed by atoms with E-state index in [2.05, 4.69) is 42.6 Å². The van der Waals surface area contributed by atoms with Crippen LogP contribution in [0.4, 0.5) is 0 Å². The van der Waals surface area contributed by atoms with Gasteiger partial charge in [0.2, 0.25) is 0 Å². The molecule has 1 aromatic carbocycles. The maximum absolute atomic E-state index is 5.18. The lowest BCUT2D eigenvalue weighted by atomic mass is 10.0. The minimum Gasteiger partial charge on any atom is -0.383 e. The zero-order valence-electron chi connectivity index (χ0n) is 10.1. The molecule has 2 heteroatoms. The molecule has 0 saturated heterocycles. The van der Waals surface area contributed by atoms with Crippen LogP contribution in [-0.4, -0.2) is 19.8 Å². The summed E-state index contributed by atoms with van der Waals surface area (Å²) in [5.74, 6) is 0.821. The summed E-state index contributed by atoms with van der Waals surface area (Å²) in [7, 11) is 1.76. The molecule has 88 valence electrons. The molecule has 2 rings (SSSR count). The lowest BCUT2D eigenvalue weighted by Crippen LogP contribution is -2.34. The second-order valence-electron chi connectivity index (χ2n) is 4.75. The molecule has 1 fully saturated rings. The third-order valence-electron chi connectivity index (χ3n) is 3.13. The SMILES string of the molecule is COCC(C)NC(c1ccccc1)C1CC1. The Hall–Kier alpha value is -0.860. The van der Waals surface area contributed by atoms with Crippen molar-refractivity contribution in [3.63, 3.8) is 0 Å². The zero-order valence-corrected chi connectivity index (χ0v) is 10.1. The number of nitrogens with one attached hydrogen (secondary N) is 1.